The van der Waals surface area contributed by atoms with Gasteiger partial charge in [0.2, 0.25) is 0 Å². The van der Waals surface area contributed by atoms with Crippen molar-refractivity contribution < 1.29 is 9.90 Å². The number of aromatic nitrogens is 2. The van der Waals surface area contributed by atoms with Gasteiger partial charge in [-0.1, -0.05) is 0 Å². The third-order valence-electron chi connectivity index (χ3n) is 4.84. The summed E-state index contributed by atoms with van der Waals surface area (Å²) in [7, 11) is 1.78. The van der Waals surface area contributed by atoms with E-state index in [9.17, 15) is 15.2 Å². The van der Waals surface area contributed by atoms with Gasteiger partial charge in [0.05, 0.1) is 11.6 Å². The Hall–Kier alpha value is -2.03. The van der Waals surface area contributed by atoms with Crippen LogP contribution in [0.2, 0.25) is 0 Å². The molecule has 4 atom stereocenters. The van der Waals surface area contributed by atoms with Crippen LogP contribution in [0.3, 0.4) is 0 Å². The van der Waals surface area contributed by atoms with E-state index in [4.69, 9.17) is 0 Å². The molecule has 6 nitrogen and oxygen atoms in total. The molecule has 0 aromatic carbocycles. The van der Waals surface area contributed by atoms with Gasteiger partial charge >= 0.3 is 5.97 Å². The van der Waals surface area contributed by atoms with Crippen LogP contribution in [0.15, 0.2) is 0 Å². The number of aryl methyl sites for hydroxylation is 2. The molecule has 2 fully saturated rings. The van der Waals surface area contributed by atoms with E-state index in [0.29, 0.717) is 23.0 Å². The van der Waals surface area contributed by atoms with Crippen LogP contribution in [0.5, 0.6) is 0 Å². The number of anilines is 1. The second-order valence-corrected chi connectivity index (χ2v) is 5.91. The molecule has 0 radical (unpaired) electrons. The first-order valence-corrected chi connectivity index (χ1v) is 6.96. The molecular formula is C14H18N4O2. The van der Waals surface area contributed by atoms with E-state index in [-0.39, 0.29) is 17.9 Å². The van der Waals surface area contributed by atoms with Gasteiger partial charge in [0.1, 0.15) is 17.5 Å². The summed E-state index contributed by atoms with van der Waals surface area (Å²) in [6, 6.07) is 2.06. The van der Waals surface area contributed by atoms with Crippen molar-refractivity contribution in [2.24, 2.45) is 24.8 Å². The quantitative estimate of drug-likeness (QED) is 0.871. The van der Waals surface area contributed by atoms with Gasteiger partial charge in [0, 0.05) is 13.1 Å². The summed E-state index contributed by atoms with van der Waals surface area (Å²) in [5.74, 6) is 0.231. The van der Waals surface area contributed by atoms with Gasteiger partial charge in [-0.25, -0.2) is 0 Å². The lowest BCUT2D eigenvalue weighted by Gasteiger charge is -2.29. The first kappa shape index (κ1) is 13.0. The highest BCUT2D eigenvalue weighted by atomic mass is 16.4. The van der Waals surface area contributed by atoms with Crippen molar-refractivity contribution in [1.29, 1.82) is 5.26 Å². The van der Waals surface area contributed by atoms with Gasteiger partial charge in [-0.3, -0.25) is 9.48 Å². The van der Waals surface area contributed by atoms with Crippen molar-refractivity contribution in [3.8, 4) is 6.07 Å². The van der Waals surface area contributed by atoms with Crippen LogP contribution in [0.4, 0.5) is 5.82 Å². The Labute approximate surface area is 117 Å². The maximum Gasteiger partial charge on any atom is 0.308 e. The van der Waals surface area contributed by atoms with Crippen molar-refractivity contribution in [2.75, 3.05) is 5.32 Å². The van der Waals surface area contributed by atoms with Crippen molar-refractivity contribution in [2.45, 2.75) is 32.2 Å². The Bertz CT molecular complexity index is 601. The van der Waals surface area contributed by atoms with Crippen LogP contribution in [-0.2, 0) is 11.8 Å². The van der Waals surface area contributed by atoms with Crippen LogP contribution >= 0.6 is 0 Å². The lowest BCUT2D eigenvalue weighted by Crippen LogP contribution is -2.39. The molecule has 1 aromatic rings. The van der Waals surface area contributed by atoms with E-state index in [1.54, 1.807) is 18.7 Å². The minimum Gasteiger partial charge on any atom is -0.481 e. The maximum absolute atomic E-state index is 11.5. The summed E-state index contributed by atoms with van der Waals surface area (Å²) in [5.41, 5.74) is 1.19. The Kier molecular flexibility index (Phi) is 2.93. The predicted octanol–water partition coefficient (Wildman–Crippen LogP) is 1.51. The van der Waals surface area contributed by atoms with Crippen LogP contribution in [0.25, 0.3) is 0 Å². The normalized spacial score (nSPS) is 31.2. The number of nitrogens with one attached hydrogen (secondary N) is 1. The number of carboxylic acid groups (broad SMARTS) is 1. The summed E-state index contributed by atoms with van der Waals surface area (Å²) in [6.45, 7) is 1.79. The third kappa shape index (κ3) is 1.77. The molecule has 20 heavy (non-hydrogen) atoms. The number of hydrogen-bond acceptors (Lipinski definition) is 4. The molecule has 2 bridgehead atoms. The van der Waals surface area contributed by atoms with E-state index in [0.717, 1.165) is 19.3 Å². The molecule has 106 valence electrons. The fourth-order valence-corrected chi connectivity index (χ4v) is 3.97. The number of rotatable bonds is 3. The highest BCUT2D eigenvalue weighted by Gasteiger charge is 2.51. The number of carbonyl (C=O) groups is 1. The lowest BCUT2D eigenvalue weighted by atomic mass is 9.84. The predicted molar refractivity (Wildman–Crippen MR) is 72.0 cm³/mol. The smallest absolute Gasteiger partial charge is 0.308 e. The molecule has 0 amide bonds. The van der Waals surface area contributed by atoms with E-state index in [1.165, 1.54) is 0 Å². The molecule has 2 saturated carbocycles. The minimum absolute atomic E-state index is 0.0897. The van der Waals surface area contributed by atoms with Crippen LogP contribution in [0.1, 0.15) is 30.5 Å². The zero-order valence-electron chi connectivity index (χ0n) is 11.6. The fourth-order valence-electron chi connectivity index (χ4n) is 3.97. The van der Waals surface area contributed by atoms with Crippen molar-refractivity contribution in [3.63, 3.8) is 0 Å². The molecule has 0 spiro atoms. The molecule has 6 heteroatoms. The van der Waals surface area contributed by atoms with Crippen LogP contribution in [0, 0.1) is 36.0 Å². The number of nitriles is 1. The molecule has 2 aliphatic rings. The Morgan fingerprint density at radius 2 is 2.20 bits per heavy atom. The van der Waals surface area contributed by atoms with E-state index in [1.807, 2.05) is 0 Å². The van der Waals surface area contributed by atoms with E-state index >= 15 is 0 Å². The Morgan fingerprint density at radius 3 is 2.85 bits per heavy atom. The summed E-state index contributed by atoms with van der Waals surface area (Å²) in [5, 5.41) is 26.2. The second kappa shape index (κ2) is 4.51. The highest BCUT2D eigenvalue weighted by molar-refractivity contribution is 5.73. The Balaban J connectivity index is 1.91. The topological polar surface area (TPSA) is 90.9 Å². The van der Waals surface area contributed by atoms with E-state index < -0.39 is 5.97 Å². The summed E-state index contributed by atoms with van der Waals surface area (Å²) < 4.78 is 1.64. The molecule has 1 aromatic heterocycles. The van der Waals surface area contributed by atoms with Gasteiger partial charge in [-0.15, -0.1) is 0 Å². The number of hydrogen-bond donors (Lipinski definition) is 2. The third-order valence-corrected chi connectivity index (χ3v) is 4.84. The van der Waals surface area contributed by atoms with Crippen molar-refractivity contribution in [1.82, 2.24) is 9.78 Å². The first-order valence-electron chi connectivity index (χ1n) is 6.96. The van der Waals surface area contributed by atoms with Gasteiger partial charge < -0.3 is 10.4 Å². The summed E-state index contributed by atoms with van der Waals surface area (Å²) in [4.78, 5) is 11.5. The lowest BCUT2D eigenvalue weighted by molar-refractivity contribution is -0.143. The molecule has 2 N–H and O–H groups in total. The fraction of sp³-hybridized carbons (Fsp3) is 0.643. The molecular weight excluding hydrogens is 256 g/mol. The minimum atomic E-state index is -0.730. The van der Waals surface area contributed by atoms with Crippen LogP contribution in [-0.4, -0.2) is 26.9 Å². The van der Waals surface area contributed by atoms with E-state index in [2.05, 4.69) is 16.5 Å². The molecule has 3 rings (SSSR count). The highest BCUT2D eigenvalue weighted by Crippen LogP contribution is 2.49. The van der Waals surface area contributed by atoms with Gasteiger partial charge in [0.25, 0.3) is 0 Å². The molecule has 0 aliphatic heterocycles. The molecule has 4 unspecified atom stereocenters. The van der Waals surface area contributed by atoms with Gasteiger partial charge in [0.15, 0.2) is 0 Å². The monoisotopic (exact) mass is 274 g/mol. The SMILES string of the molecule is Cc1nn(C)c(NC2C3CCC(C3)C2C(=O)O)c1C#N. The largest absolute Gasteiger partial charge is 0.481 e. The molecule has 2 aliphatic carbocycles. The van der Waals surface area contributed by atoms with Crippen LogP contribution < -0.4 is 5.32 Å². The second-order valence-electron chi connectivity index (χ2n) is 5.91. The zero-order valence-corrected chi connectivity index (χ0v) is 11.6. The maximum atomic E-state index is 11.5. The average molecular weight is 274 g/mol. The van der Waals surface area contributed by atoms with Crippen molar-refractivity contribution in [3.05, 3.63) is 11.3 Å². The zero-order chi connectivity index (χ0) is 14.4. The molecule has 0 saturated heterocycles. The summed E-state index contributed by atoms with van der Waals surface area (Å²) >= 11 is 0. The number of carboxylic acids is 1. The summed E-state index contributed by atoms with van der Waals surface area (Å²) in [6.07, 6.45) is 3.06. The van der Waals surface area contributed by atoms with Gasteiger partial charge in [-0.05, 0) is 38.0 Å². The number of fused-ring (bicyclic) bond motifs is 2. The van der Waals surface area contributed by atoms with Crippen molar-refractivity contribution >= 4 is 11.8 Å². The Morgan fingerprint density at radius 1 is 1.50 bits per heavy atom. The van der Waals surface area contributed by atoms with Gasteiger partial charge in [-0.2, -0.15) is 10.4 Å². The molecule has 1 heterocycles. The number of nitrogens with zero attached hydrogens (tertiary/aromatic N) is 3. The first-order chi connectivity index (χ1) is 9.52. The number of aliphatic carboxylic acids is 1. The average Bonchev–Trinajstić information content (AvgIpc) is 3.04. The standard InChI is InChI=1S/C14H18N4O2/c1-7-10(6-15)13(18(2)17-7)16-12-9-4-3-8(5-9)11(12)14(19)20/h8-9,11-12,16H,3-5H2,1-2H3,(H,19,20).